The summed E-state index contributed by atoms with van der Waals surface area (Å²) in [6.45, 7) is 13.9. The third-order valence-electron chi connectivity index (χ3n) is 4.93. The molecule has 0 radical (unpaired) electrons. The summed E-state index contributed by atoms with van der Waals surface area (Å²) in [5.74, 6) is 1.26. The van der Waals surface area contributed by atoms with Crippen LogP contribution in [0.1, 0.15) is 65.5 Å². The smallest absolute Gasteiger partial charge is 0.223 e. The maximum atomic E-state index is 13.2. The van der Waals surface area contributed by atoms with Gasteiger partial charge in [0, 0.05) is 19.5 Å². The predicted molar refractivity (Wildman–Crippen MR) is 143 cm³/mol. The van der Waals surface area contributed by atoms with Crippen molar-refractivity contribution in [2.75, 3.05) is 20.3 Å². The fourth-order valence-corrected chi connectivity index (χ4v) is 3.47. The number of benzene rings is 2. The molecule has 1 heterocycles. The second-order valence-electron chi connectivity index (χ2n) is 8.66. The molecule has 2 aromatic rings. The van der Waals surface area contributed by atoms with Gasteiger partial charge < -0.3 is 19.7 Å². The largest absolute Gasteiger partial charge is 0.491 e. The van der Waals surface area contributed by atoms with Crippen LogP contribution in [0.3, 0.4) is 0 Å². The van der Waals surface area contributed by atoms with Crippen LogP contribution in [0.5, 0.6) is 5.75 Å². The molecule has 0 spiro atoms. The average Bonchev–Trinajstić information content (AvgIpc) is 3.36. The molecule has 1 amide bonds. The van der Waals surface area contributed by atoms with Gasteiger partial charge in [-0.25, -0.2) is 4.39 Å². The predicted octanol–water partition coefficient (Wildman–Crippen LogP) is 6.35. The molecule has 3 rings (SSSR count). The lowest BCUT2D eigenvalue weighted by molar-refractivity contribution is -0.133. The SMILES string of the molecule is CC.CC(C)=O.CC(C)Oc1ccc(CN(Cc2ccc(F)cc2)C(=O)CC2CCNC2)cc1.CF. The highest BCUT2D eigenvalue weighted by Gasteiger charge is 2.22. The molecule has 0 saturated carbocycles. The number of nitrogens with one attached hydrogen (secondary N) is 1. The Labute approximate surface area is 216 Å². The van der Waals surface area contributed by atoms with E-state index in [9.17, 15) is 18.4 Å². The number of amides is 1. The fourth-order valence-electron chi connectivity index (χ4n) is 3.47. The van der Waals surface area contributed by atoms with Crippen molar-refractivity contribution in [1.29, 1.82) is 0 Å². The molecule has 1 fully saturated rings. The molecule has 0 aromatic heterocycles. The lowest BCUT2D eigenvalue weighted by Gasteiger charge is -2.25. The molecule has 2 aromatic carbocycles. The van der Waals surface area contributed by atoms with Crippen molar-refractivity contribution in [2.24, 2.45) is 5.92 Å². The molecule has 1 N–H and O–H groups in total. The number of carbonyl (C=O) groups is 2. The Hall–Kier alpha value is -2.80. The molecule has 1 saturated heterocycles. The van der Waals surface area contributed by atoms with Crippen molar-refractivity contribution in [2.45, 2.75) is 73.6 Å². The van der Waals surface area contributed by atoms with E-state index in [-0.39, 0.29) is 23.6 Å². The van der Waals surface area contributed by atoms with Gasteiger partial charge in [-0.2, -0.15) is 0 Å². The van der Waals surface area contributed by atoms with Crippen molar-refractivity contribution in [3.63, 3.8) is 0 Å². The molecule has 202 valence electrons. The van der Waals surface area contributed by atoms with Crippen molar-refractivity contribution in [1.82, 2.24) is 10.2 Å². The summed E-state index contributed by atoms with van der Waals surface area (Å²) < 4.78 is 28.4. The Kier molecular flexibility index (Phi) is 17.9. The molecule has 0 bridgehead atoms. The summed E-state index contributed by atoms with van der Waals surface area (Å²) in [6, 6.07) is 14.2. The summed E-state index contributed by atoms with van der Waals surface area (Å²) in [7, 11) is 0.500. The van der Waals surface area contributed by atoms with Gasteiger partial charge in [0.15, 0.2) is 0 Å². The number of nitrogens with zero attached hydrogens (tertiary/aromatic N) is 1. The minimum Gasteiger partial charge on any atom is -0.491 e. The van der Waals surface area contributed by atoms with Crippen molar-refractivity contribution < 1.29 is 23.1 Å². The second kappa shape index (κ2) is 19.4. The summed E-state index contributed by atoms with van der Waals surface area (Å²) >= 11 is 0. The standard InChI is InChI=1S/C23H29FN2O2.C3H6O.C2H6.CH3F/c1-17(2)28-22-9-5-19(6-10-22)16-26(15-18-3-7-21(24)8-4-18)23(27)13-20-11-12-25-14-20;1-3(2)4;2*1-2/h3-10,17,20,25H,11-16H2,1-2H3;1-2H3;1-2H3;1H3. The van der Waals surface area contributed by atoms with Gasteiger partial charge in [0.05, 0.1) is 13.3 Å². The number of carbonyl (C=O) groups excluding carboxylic acids is 2. The molecule has 5 nitrogen and oxygen atoms in total. The number of ether oxygens (including phenoxy) is 1. The van der Waals surface area contributed by atoms with E-state index in [4.69, 9.17) is 4.74 Å². The van der Waals surface area contributed by atoms with E-state index >= 15 is 0 Å². The normalized spacial score (nSPS) is 13.8. The van der Waals surface area contributed by atoms with Crippen LogP contribution < -0.4 is 10.1 Å². The van der Waals surface area contributed by atoms with Gasteiger partial charge in [0.2, 0.25) is 5.91 Å². The highest BCUT2D eigenvalue weighted by molar-refractivity contribution is 5.76. The lowest BCUT2D eigenvalue weighted by Crippen LogP contribution is -2.32. The maximum Gasteiger partial charge on any atom is 0.223 e. The maximum absolute atomic E-state index is 13.2. The first kappa shape index (κ1) is 33.2. The molecular weight excluding hydrogens is 462 g/mol. The number of Topliss-reactive ketones (excluding diaryl/α,β-unsaturated/α-hetero) is 1. The summed E-state index contributed by atoms with van der Waals surface area (Å²) in [4.78, 5) is 24.3. The second-order valence-corrected chi connectivity index (χ2v) is 8.66. The van der Waals surface area contributed by atoms with Crippen LogP contribution in [0.2, 0.25) is 0 Å². The molecule has 36 heavy (non-hydrogen) atoms. The Morgan fingerprint density at radius 1 is 0.972 bits per heavy atom. The fraction of sp³-hybridized carbons (Fsp3) is 0.517. The quantitative estimate of drug-likeness (QED) is 0.453. The van der Waals surface area contributed by atoms with E-state index in [1.54, 1.807) is 12.1 Å². The zero-order valence-electron chi connectivity index (χ0n) is 22.9. The zero-order chi connectivity index (χ0) is 27.5. The molecule has 1 aliphatic heterocycles. The topological polar surface area (TPSA) is 58.6 Å². The van der Waals surface area contributed by atoms with Gasteiger partial charge >= 0.3 is 0 Å². The number of hydrogen-bond acceptors (Lipinski definition) is 4. The summed E-state index contributed by atoms with van der Waals surface area (Å²) in [5, 5.41) is 3.32. The van der Waals surface area contributed by atoms with Gasteiger partial charge in [-0.05, 0) is 88.5 Å². The zero-order valence-corrected chi connectivity index (χ0v) is 22.9. The molecule has 1 unspecified atom stereocenters. The van der Waals surface area contributed by atoms with Gasteiger partial charge in [-0.15, -0.1) is 0 Å². The minimum absolute atomic E-state index is 0.127. The Bertz CT molecular complexity index is 846. The first-order chi connectivity index (χ1) is 17.2. The molecule has 1 aliphatic rings. The number of halogens is 2. The van der Waals surface area contributed by atoms with Gasteiger partial charge in [0.1, 0.15) is 17.3 Å². The van der Waals surface area contributed by atoms with E-state index in [0.717, 1.165) is 36.4 Å². The van der Waals surface area contributed by atoms with Crippen LogP contribution in [-0.4, -0.2) is 43.0 Å². The van der Waals surface area contributed by atoms with Gasteiger partial charge in [0.25, 0.3) is 0 Å². The summed E-state index contributed by atoms with van der Waals surface area (Å²) in [5.41, 5.74) is 1.98. The monoisotopic (exact) mass is 506 g/mol. The van der Waals surface area contributed by atoms with Crippen LogP contribution in [0, 0.1) is 11.7 Å². The first-order valence-electron chi connectivity index (χ1n) is 12.6. The highest BCUT2D eigenvalue weighted by atomic mass is 19.1. The van der Waals surface area contributed by atoms with Crippen LogP contribution in [0.4, 0.5) is 8.78 Å². The van der Waals surface area contributed by atoms with E-state index < -0.39 is 0 Å². The van der Waals surface area contributed by atoms with E-state index in [2.05, 4.69) is 5.32 Å². The van der Waals surface area contributed by atoms with Gasteiger partial charge in [-0.3, -0.25) is 9.18 Å². The summed E-state index contributed by atoms with van der Waals surface area (Å²) in [6.07, 6.45) is 1.71. The third kappa shape index (κ3) is 14.6. The number of hydrogen-bond donors (Lipinski definition) is 1. The van der Waals surface area contributed by atoms with E-state index in [0.29, 0.717) is 32.6 Å². The number of rotatable bonds is 8. The van der Waals surface area contributed by atoms with Crippen LogP contribution in [0.15, 0.2) is 48.5 Å². The number of alkyl halides is 1. The van der Waals surface area contributed by atoms with E-state index in [1.807, 2.05) is 56.9 Å². The molecule has 0 aliphatic carbocycles. The van der Waals surface area contributed by atoms with Gasteiger partial charge in [-0.1, -0.05) is 38.1 Å². The van der Waals surface area contributed by atoms with Crippen molar-refractivity contribution >= 4 is 11.7 Å². The molecular formula is C29H44F2N2O3. The Morgan fingerprint density at radius 3 is 1.86 bits per heavy atom. The Balaban J connectivity index is 0.00000137. The molecule has 1 atom stereocenters. The highest BCUT2D eigenvalue weighted by Crippen LogP contribution is 2.20. The van der Waals surface area contributed by atoms with E-state index in [1.165, 1.54) is 26.0 Å². The molecule has 7 heteroatoms. The average molecular weight is 507 g/mol. The van der Waals surface area contributed by atoms with Crippen molar-refractivity contribution in [3.8, 4) is 5.75 Å². The van der Waals surface area contributed by atoms with Crippen LogP contribution >= 0.6 is 0 Å². The Morgan fingerprint density at radius 2 is 1.44 bits per heavy atom. The van der Waals surface area contributed by atoms with Crippen LogP contribution in [-0.2, 0) is 22.7 Å². The number of ketones is 1. The van der Waals surface area contributed by atoms with Crippen molar-refractivity contribution in [3.05, 3.63) is 65.5 Å². The first-order valence-corrected chi connectivity index (χ1v) is 12.6. The minimum atomic E-state index is -0.264. The lowest BCUT2D eigenvalue weighted by atomic mass is 10.0. The van der Waals surface area contributed by atoms with Crippen LogP contribution in [0.25, 0.3) is 0 Å². The third-order valence-corrected chi connectivity index (χ3v) is 4.93.